The first-order valence-electron chi connectivity index (χ1n) is 7.21. The number of aromatic nitrogens is 1. The van der Waals surface area contributed by atoms with Crippen molar-refractivity contribution in [1.82, 2.24) is 10.3 Å². The monoisotopic (exact) mass is 286 g/mol. The van der Waals surface area contributed by atoms with Crippen molar-refractivity contribution in [3.63, 3.8) is 0 Å². The minimum atomic E-state index is -0.205. The number of nitrogen functional groups attached to an aromatic ring is 1. The quantitative estimate of drug-likeness (QED) is 0.583. The van der Waals surface area contributed by atoms with Gasteiger partial charge in [-0.1, -0.05) is 38.1 Å². The Morgan fingerprint density at radius 3 is 2.43 bits per heavy atom. The number of nitrogens with two attached hydrogens (primary N) is 1. The van der Waals surface area contributed by atoms with Crippen LogP contribution in [0.2, 0.25) is 0 Å². The van der Waals surface area contributed by atoms with Crippen molar-refractivity contribution in [2.24, 2.45) is 5.84 Å². The summed E-state index contributed by atoms with van der Waals surface area (Å²) in [4.78, 5) is 16.8. The van der Waals surface area contributed by atoms with Crippen molar-refractivity contribution in [2.75, 3.05) is 5.43 Å². The van der Waals surface area contributed by atoms with E-state index in [9.17, 15) is 4.79 Å². The molecule has 5 heteroatoms. The fourth-order valence-electron chi connectivity index (χ4n) is 2.26. The van der Waals surface area contributed by atoms with E-state index in [0.717, 1.165) is 23.6 Å². The second-order valence-corrected chi connectivity index (χ2v) is 5.43. The van der Waals surface area contributed by atoms with Crippen LogP contribution in [0.25, 0.3) is 10.8 Å². The Balaban J connectivity index is 2.45. The number of nitrogens with one attached hydrogen (secondary N) is 2. The molecule has 4 N–H and O–H groups in total. The van der Waals surface area contributed by atoms with E-state index in [1.165, 1.54) is 0 Å². The molecule has 2 rings (SSSR count). The van der Waals surface area contributed by atoms with E-state index in [2.05, 4.69) is 36.5 Å². The van der Waals surface area contributed by atoms with E-state index in [4.69, 9.17) is 5.84 Å². The van der Waals surface area contributed by atoms with Gasteiger partial charge in [0.05, 0.1) is 5.56 Å². The lowest BCUT2D eigenvalue weighted by Crippen LogP contribution is -2.45. The molecule has 0 aliphatic carbocycles. The highest BCUT2D eigenvalue weighted by molar-refractivity contribution is 6.09. The number of carbonyl (C=O) groups excluding carboxylic acids is 1. The number of hydrogen-bond donors (Lipinski definition) is 3. The Morgan fingerprint density at radius 1 is 1.24 bits per heavy atom. The minimum absolute atomic E-state index is 0.103. The smallest absolute Gasteiger partial charge is 0.253 e. The van der Waals surface area contributed by atoms with E-state index >= 15 is 0 Å². The molecule has 1 amide bonds. The van der Waals surface area contributed by atoms with Gasteiger partial charge in [-0.15, -0.1) is 0 Å². The van der Waals surface area contributed by atoms with Gasteiger partial charge in [0.1, 0.15) is 5.82 Å². The Labute approximate surface area is 124 Å². The van der Waals surface area contributed by atoms with Crippen molar-refractivity contribution >= 4 is 22.5 Å². The maximum atomic E-state index is 12.6. The molecule has 1 aromatic carbocycles. The molecule has 5 nitrogen and oxygen atoms in total. The van der Waals surface area contributed by atoms with E-state index in [0.29, 0.717) is 11.4 Å². The van der Waals surface area contributed by atoms with Gasteiger partial charge in [-0.2, -0.15) is 0 Å². The first-order valence-corrected chi connectivity index (χ1v) is 7.21. The van der Waals surface area contributed by atoms with Gasteiger partial charge in [0.15, 0.2) is 0 Å². The van der Waals surface area contributed by atoms with E-state index in [-0.39, 0.29) is 11.4 Å². The highest BCUT2D eigenvalue weighted by Crippen LogP contribution is 2.24. The van der Waals surface area contributed by atoms with Crippen LogP contribution in [0, 0.1) is 0 Å². The highest BCUT2D eigenvalue weighted by Gasteiger charge is 2.24. The lowest BCUT2D eigenvalue weighted by molar-refractivity contribution is 0.0902. The summed E-state index contributed by atoms with van der Waals surface area (Å²) in [6.07, 6.45) is 3.32. The maximum Gasteiger partial charge on any atom is 0.253 e. The van der Waals surface area contributed by atoms with Crippen LogP contribution in [-0.2, 0) is 0 Å². The molecule has 1 aromatic heterocycles. The van der Waals surface area contributed by atoms with Gasteiger partial charge in [0.2, 0.25) is 0 Å². The van der Waals surface area contributed by atoms with E-state index < -0.39 is 0 Å². The molecule has 0 atom stereocenters. The van der Waals surface area contributed by atoms with Crippen molar-refractivity contribution in [2.45, 2.75) is 39.2 Å². The Kier molecular flexibility index (Phi) is 4.43. The Bertz CT molecular complexity index is 650. The van der Waals surface area contributed by atoms with Gasteiger partial charge in [-0.25, -0.2) is 10.8 Å². The number of benzene rings is 1. The van der Waals surface area contributed by atoms with E-state index in [1.807, 2.05) is 24.3 Å². The first kappa shape index (κ1) is 15.3. The zero-order chi connectivity index (χ0) is 15.5. The molecule has 1 heterocycles. The zero-order valence-electron chi connectivity index (χ0n) is 12.7. The van der Waals surface area contributed by atoms with Crippen LogP contribution in [0.4, 0.5) is 5.82 Å². The lowest BCUT2D eigenvalue weighted by Gasteiger charge is -2.28. The predicted octanol–water partition coefficient (Wildman–Crippen LogP) is 2.83. The van der Waals surface area contributed by atoms with Crippen molar-refractivity contribution in [1.29, 1.82) is 0 Å². The van der Waals surface area contributed by atoms with Crippen molar-refractivity contribution in [3.05, 3.63) is 36.0 Å². The van der Waals surface area contributed by atoms with Gasteiger partial charge < -0.3 is 10.7 Å². The molecule has 21 heavy (non-hydrogen) atoms. The van der Waals surface area contributed by atoms with Gasteiger partial charge in [0, 0.05) is 17.1 Å². The summed E-state index contributed by atoms with van der Waals surface area (Å²) in [5.74, 6) is 5.94. The Morgan fingerprint density at radius 2 is 1.86 bits per heavy atom. The number of hydrazine groups is 1. The fourth-order valence-corrected chi connectivity index (χ4v) is 2.26. The summed E-state index contributed by atoms with van der Waals surface area (Å²) in [6, 6.07) is 7.60. The van der Waals surface area contributed by atoms with Gasteiger partial charge in [0.25, 0.3) is 5.91 Å². The third-order valence-electron chi connectivity index (χ3n) is 4.15. The standard InChI is InChI=1S/C16H22N4O/c1-4-16(3,5-2)19-15(21)13-10-18-14(20-17)12-9-7-6-8-11(12)13/h6-10H,4-5,17H2,1-3H3,(H,18,20)(H,19,21). The zero-order valence-corrected chi connectivity index (χ0v) is 12.7. The van der Waals surface area contributed by atoms with Crippen molar-refractivity contribution in [3.8, 4) is 0 Å². The minimum Gasteiger partial charge on any atom is -0.347 e. The summed E-state index contributed by atoms with van der Waals surface area (Å²) < 4.78 is 0. The number of amides is 1. The summed E-state index contributed by atoms with van der Waals surface area (Å²) in [7, 11) is 0. The molecular formula is C16H22N4O. The van der Waals surface area contributed by atoms with Crippen LogP contribution in [0.3, 0.4) is 0 Å². The number of hydrogen-bond acceptors (Lipinski definition) is 4. The normalized spacial score (nSPS) is 11.4. The third kappa shape index (κ3) is 2.97. The molecule has 0 saturated heterocycles. The van der Waals surface area contributed by atoms with Crippen LogP contribution >= 0.6 is 0 Å². The van der Waals surface area contributed by atoms with Crippen LogP contribution in [-0.4, -0.2) is 16.4 Å². The lowest BCUT2D eigenvalue weighted by atomic mass is 9.94. The topological polar surface area (TPSA) is 80.0 Å². The Hall–Kier alpha value is -2.14. The molecular weight excluding hydrogens is 264 g/mol. The molecule has 0 saturated carbocycles. The molecule has 0 bridgehead atoms. The van der Waals surface area contributed by atoms with Crippen LogP contribution < -0.4 is 16.6 Å². The van der Waals surface area contributed by atoms with Crippen LogP contribution in [0.5, 0.6) is 0 Å². The van der Waals surface area contributed by atoms with Crippen LogP contribution in [0.15, 0.2) is 30.5 Å². The largest absolute Gasteiger partial charge is 0.347 e. The summed E-state index contributed by atoms with van der Waals surface area (Å²) in [5, 5.41) is 4.78. The molecule has 0 aliphatic rings. The average Bonchev–Trinajstić information content (AvgIpc) is 2.53. The molecule has 0 radical (unpaired) electrons. The predicted molar refractivity (Wildman–Crippen MR) is 86.0 cm³/mol. The summed E-state index contributed by atoms with van der Waals surface area (Å²) >= 11 is 0. The summed E-state index contributed by atoms with van der Waals surface area (Å²) in [6.45, 7) is 6.19. The second kappa shape index (κ2) is 6.10. The van der Waals surface area contributed by atoms with Crippen LogP contribution in [0.1, 0.15) is 44.0 Å². The molecule has 2 aromatic rings. The van der Waals surface area contributed by atoms with Gasteiger partial charge >= 0.3 is 0 Å². The highest BCUT2D eigenvalue weighted by atomic mass is 16.1. The van der Waals surface area contributed by atoms with Gasteiger partial charge in [-0.3, -0.25) is 4.79 Å². The number of carbonyl (C=O) groups is 1. The second-order valence-electron chi connectivity index (χ2n) is 5.43. The fraction of sp³-hybridized carbons (Fsp3) is 0.375. The van der Waals surface area contributed by atoms with E-state index in [1.54, 1.807) is 6.20 Å². The number of rotatable bonds is 5. The molecule has 0 aliphatic heterocycles. The van der Waals surface area contributed by atoms with Gasteiger partial charge in [-0.05, 0) is 25.2 Å². The SMILES string of the molecule is CCC(C)(CC)NC(=O)c1cnc(NN)c2ccccc12. The molecule has 112 valence electrons. The summed E-state index contributed by atoms with van der Waals surface area (Å²) in [5.41, 5.74) is 2.93. The molecule has 0 unspecified atom stereocenters. The molecule has 0 fully saturated rings. The molecule has 0 spiro atoms. The van der Waals surface area contributed by atoms with Crippen molar-refractivity contribution < 1.29 is 4.79 Å². The number of nitrogens with zero attached hydrogens (tertiary/aromatic N) is 1. The number of pyridine rings is 1. The average molecular weight is 286 g/mol. The third-order valence-corrected chi connectivity index (χ3v) is 4.15. The number of fused-ring (bicyclic) bond motifs is 1. The maximum absolute atomic E-state index is 12.6. The number of anilines is 1. The first-order chi connectivity index (χ1) is 10.0.